The highest BCUT2D eigenvalue weighted by atomic mass is 32.1. The first-order chi connectivity index (χ1) is 17.0. The Morgan fingerprint density at radius 3 is 2.64 bits per heavy atom. The van der Waals surface area contributed by atoms with Gasteiger partial charge in [-0.05, 0) is 44.2 Å². The molecular weight excluding hydrogens is 486 g/mol. The van der Waals surface area contributed by atoms with Crippen LogP contribution in [0.4, 0.5) is 8.78 Å². The van der Waals surface area contributed by atoms with E-state index < -0.39 is 17.6 Å². The van der Waals surface area contributed by atoms with Crippen LogP contribution in [0.5, 0.6) is 5.75 Å². The summed E-state index contributed by atoms with van der Waals surface area (Å²) in [7, 11) is 0. The van der Waals surface area contributed by atoms with Crippen molar-refractivity contribution in [2.45, 2.75) is 66.0 Å². The van der Waals surface area contributed by atoms with E-state index in [1.807, 2.05) is 0 Å². The summed E-state index contributed by atoms with van der Waals surface area (Å²) < 4.78 is 32.0. The van der Waals surface area contributed by atoms with Crippen molar-refractivity contribution in [2.24, 2.45) is 5.41 Å². The van der Waals surface area contributed by atoms with Gasteiger partial charge in [-0.3, -0.25) is 19.0 Å². The fourth-order valence-electron chi connectivity index (χ4n) is 3.76. The number of hydrogen-bond donors (Lipinski definition) is 1. The molecule has 1 aromatic carbocycles. The van der Waals surface area contributed by atoms with Crippen LogP contribution in [-0.4, -0.2) is 29.4 Å². The van der Waals surface area contributed by atoms with Crippen LogP contribution in [0.25, 0.3) is 12.2 Å². The SMILES string of the molecule is CC(C)(C)C(=O)/C=c1\s/c(=C\c2ccccc2OC(F)F)c(=O)n1CC(=O)NCCC1=CCCCC1. The predicted octanol–water partition coefficient (Wildman–Crippen LogP) is 3.74. The van der Waals surface area contributed by atoms with Gasteiger partial charge in [0.1, 0.15) is 17.0 Å². The Kier molecular flexibility index (Phi) is 9.37. The third-order valence-corrected chi connectivity index (χ3v) is 6.87. The molecule has 36 heavy (non-hydrogen) atoms. The number of hydrogen-bond acceptors (Lipinski definition) is 5. The maximum Gasteiger partial charge on any atom is 0.387 e. The van der Waals surface area contributed by atoms with Gasteiger partial charge in [0.15, 0.2) is 5.78 Å². The molecule has 0 radical (unpaired) electrons. The van der Waals surface area contributed by atoms with Crippen molar-refractivity contribution in [1.29, 1.82) is 0 Å². The first kappa shape index (κ1) is 27.5. The maximum absolute atomic E-state index is 13.2. The van der Waals surface area contributed by atoms with Crippen molar-refractivity contribution >= 4 is 35.2 Å². The summed E-state index contributed by atoms with van der Waals surface area (Å²) in [5.74, 6) is -0.606. The topological polar surface area (TPSA) is 77.4 Å². The van der Waals surface area contributed by atoms with Crippen molar-refractivity contribution in [3.05, 3.63) is 61.0 Å². The average Bonchev–Trinajstić information content (AvgIpc) is 3.09. The summed E-state index contributed by atoms with van der Waals surface area (Å²) in [5.41, 5.74) is 0.468. The third kappa shape index (κ3) is 7.71. The van der Waals surface area contributed by atoms with Crippen LogP contribution in [0.1, 0.15) is 58.4 Å². The quantitative estimate of drug-likeness (QED) is 0.513. The van der Waals surface area contributed by atoms with E-state index in [2.05, 4.69) is 16.1 Å². The Morgan fingerprint density at radius 2 is 1.97 bits per heavy atom. The van der Waals surface area contributed by atoms with Crippen molar-refractivity contribution in [3.8, 4) is 5.75 Å². The number of carbonyl (C=O) groups is 2. The van der Waals surface area contributed by atoms with Gasteiger partial charge in [-0.2, -0.15) is 8.78 Å². The molecule has 6 nitrogen and oxygen atoms in total. The highest BCUT2D eigenvalue weighted by Crippen LogP contribution is 2.21. The summed E-state index contributed by atoms with van der Waals surface area (Å²) in [6.07, 6.45) is 10.3. The molecule has 1 aromatic heterocycles. The monoisotopic (exact) mass is 518 g/mol. The zero-order valence-corrected chi connectivity index (χ0v) is 21.6. The first-order valence-corrected chi connectivity index (χ1v) is 12.8. The number of thiazole rings is 1. The minimum Gasteiger partial charge on any atom is -0.434 e. The van der Waals surface area contributed by atoms with Crippen LogP contribution in [-0.2, 0) is 16.1 Å². The molecule has 9 heteroatoms. The molecule has 0 saturated heterocycles. The molecule has 0 spiro atoms. The van der Waals surface area contributed by atoms with E-state index in [0.29, 0.717) is 16.8 Å². The number of Topliss-reactive ketones (excluding diaryl/α,β-unsaturated/α-hetero) is 1. The number of nitrogens with one attached hydrogen (secondary N) is 1. The summed E-state index contributed by atoms with van der Waals surface area (Å²) in [6.45, 7) is 2.50. The van der Waals surface area contributed by atoms with Crippen LogP contribution in [0.2, 0.25) is 0 Å². The number of nitrogens with zero attached hydrogens (tertiary/aromatic N) is 1. The molecule has 194 valence electrons. The van der Waals surface area contributed by atoms with Gasteiger partial charge in [-0.25, -0.2) is 0 Å². The van der Waals surface area contributed by atoms with Crippen molar-refractivity contribution < 1.29 is 23.1 Å². The normalized spacial score (nSPS) is 15.2. The fourth-order valence-corrected chi connectivity index (χ4v) is 4.79. The van der Waals surface area contributed by atoms with E-state index in [4.69, 9.17) is 0 Å². The minimum absolute atomic E-state index is 0.0714. The number of rotatable bonds is 9. The Hall–Kier alpha value is -3.07. The smallest absolute Gasteiger partial charge is 0.387 e. The molecule has 1 amide bonds. The highest BCUT2D eigenvalue weighted by molar-refractivity contribution is 7.07. The minimum atomic E-state index is -3.01. The molecule has 0 aliphatic heterocycles. The van der Waals surface area contributed by atoms with Crippen molar-refractivity contribution in [2.75, 3.05) is 6.54 Å². The van der Waals surface area contributed by atoms with Crippen LogP contribution < -0.4 is 24.8 Å². The van der Waals surface area contributed by atoms with Gasteiger partial charge < -0.3 is 10.1 Å². The third-order valence-electron chi connectivity index (χ3n) is 5.81. The highest BCUT2D eigenvalue weighted by Gasteiger charge is 2.20. The Labute approximate surface area is 213 Å². The largest absolute Gasteiger partial charge is 0.434 e. The Morgan fingerprint density at radius 1 is 1.22 bits per heavy atom. The van der Waals surface area contributed by atoms with Crippen LogP contribution in [0.15, 0.2) is 40.7 Å². The molecule has 1 aliphatic rings. The van der Waals surface area contributed by atoms with Crippen molar-refractivity contribution in [3.63, 3.8) is 0 Å². The second kappa shape index (κ2) is 12.3. The number of alkyl halides is 2. The van der Waals surface area contributed by atoms with Crippen LogP contribution >= 0.6 is 11.3 Å². The number of ether oxygens (including phenoxy) is 1. The maximum atomic E-state index is 13.2. The summed E-state index contributed by atoms with van der Waals surface area (Å²) >= 11 is 1.03. The Bertz CT molecular complexity index is 1300. The average molecular weight is 519 g/mol. The number of benzene rings is 1. The Balaban J connectivity index is 1.93. The molecule has 3 rings (SSSR count). The van der Waals surface area contributed by atoms with Gasteiger partial charge in [0.25, 0.3) is 5.56 Å². The zero-order valence-electron chi connectivity index (χ0n) is 20.8. The number of aromatic nitrogens is 1. The second-order valence-electron chi connectivity index (χ2n) is 9.72. The van der Waals surface area contributed by atoms with E-state index in [0.717, 1.165) is 37.0 Å². The van der Waals surface area contributed by atoms with E-state index in [9.17, 15) is 23.2 Å². The first-order valence-electron chi connectivity index (χ1n) is 12.0. The number of para-hydroxylation sites is 1. The zero-order chi connectivity index (χ0) is 26.3. The van der Waals surface area contributed by atoms with Gasteiger partial charge >= 0.3 is 6.61 Å². The molecule has 0 atom stereocenters. The lowest BCUT2D eigenvalue weighted by Gasteiger charge is -2.13. The fraction of sp³-hybridized carbons (Fsp3) is 0.444. The van der Waals surface area contributed by atoms with Gasteiger partial charge in [-0.1, -0.05) is 50.6 Å². The molecule has 0 unspecified atom stereocenters. The molecule has 1 N–H and O–H groups in total. The van der Waals surface area contributed by atoms with Gasteiger partial charge in [0, 0.05) is 23.6 Å². The number of amides is 1. The van der Waals surface area contributed by atoms with Crippen LogP contribution in [0, 0.1) is 5.41 Å². The summed E-state index contributed by atoms with van der Waals surface area (Å²) in [6, 6.07) is 6.13. The van der Waals surface area contributed by atoms with Crippen molar-refractivity contribution in [1.82, 2.24) is 9.88 Å². The lowest BCUT2D eigenvalue weighted by molar-refractivity contribution is -0.122. The van der Waals surface area contributed by atoms with E-state index >= 15 is 0 Å². The number of allylic oxidation sites excluding steroid dienone is 1. The van der Waals surface area contributed by atoms with Crippen LogP contribution in [0.3, 0.4) is 0 Å². The molecular formula is C27H32F2N2O4S. The summed E-state index contributed by atoms with van der Waals surface area (Å²) in [4.78, 5) is 38.6. The van der Waals surface area contributed by atoms with Gasteiger partial charge in [0.2, 0.25) is 5.91 Å². The molecule has 1 heterocycles. The van der Waals surface area contributed by atoms with Gasteiger partial charge in [0.05, 0.1) is 4.53 Å². The number of halogens is 2. The molecule has 0 fully saturated rings. The van der Waals surface area contributed by atoms with E-state index in [1.54, 1.807) is 39.0 Å². The summed E-state index contributed by atoms with van der Waals surface area (Å²) in [5, 5.41) is 2.86. The lowest BCUT2D eigenvalue weighted by Crippen LogP contribution is -2.39. The lowest BCUT2D eigenvalue weighted by atomic mass is 9.91. The number of ketones is 1. The molecule has 0 saturated carbocycles. The second-order valence-corrected chi connectivity index (χ2v) is 10.8. The standard InChI is InChI=1S/C27H32F2N2O4S/c1-27(2,3)22(32)16-24-31(17-23(33)30-14-13-18-9-5-4-6-10-18)25(34)21(36-24)15-19-11-7-8-12-20(19)35-26(28)29/h7-9,11-12,15-16,26H,4-6,10,13-14,17H2,1-3H3,(H,30,33)/b21-15-,24-16-. The molecule has 2 aromatic rings. The van der Waals surface area contributed by atoms with E-state index in [-0.39, 0.29) is 28.5 Å². The van der Waals surface area contributed by atoms with Gasteiger partial charge in [-0.15, -0.1) is 11.3 Å². The number of carbonyl (C=O) groups excluding carboxylic acids is 2. The predicted molar refractivity (Wildman–Crippen MR) is 138 cm³/mol. The molecule has 1 aliphatic carbocycles. The molecule has 0 bridgehead atoms. The van der Waals surface area contributed by atoms with E-state index in [1.165, 1.54) is 34.8 Å².